The Hall–Kier alpha value is -2.53. The van der Waals surface area contributed by atoms with Crippen molar-refractivity contribution in [1.82, 2.24) is 0 Å². The summed E-state index contributed by atoms with van der Waals surface area (Å²) >= 11 is 0. The number of rotatable bonds is 5. The van der Waals surface area contributed by atoms with Crippen molar-refractivity contribution in [3.05, 3.63) is 53.3 Å². The lowest BCUT2D eigenvalue weighted by Gasteiger charge is -2.19. The van der Waals surface area contributed by atoms with E-state index in [0.717, 1.165) is 31.2 Å². The van der Waals surface area contributed by atoms with E-state index in [4.69, 9.17) is 9.47 Å². The van der Waals surface area contributed by atoms with Crippen LogP contribution >= 0.6 is 0 Å². The number of alkyl halides is 3. The van der Waals surface area contributed by atoms with Crippen molar-refractivity contribution in [1.29, 1.82) is 0 Å². The number of carbonyl (C=O) groups is 2. The van der Waals surface area contributed by atoms with Gasteiger partial charge in [-0.3, -0.25) is 4.79 Å². The maximum atomic E-state index is 12.6. The fourth-order valence-electron chi connectivity index (χ4n) is 1.79. The van der Waals surface area contributed by atoms with Crippen LogP contribution in [0.4, 0.5) is 13.2 Å². The fraction of sp³-hybridized carbons (Fsp3) is 0.312. The third-order valence-electron chi connectivity index (χ3n) is 2.77. The van der Waals surface area contributed by atoms with Gasteiger partial charge in [0.1, 0.15) is 5.57 Å². The highest BCUT2D eigenvalue weighted by molar-refractivity contribution is 5.90. The van der Waals surface area contributed by atoms with Gasteiger partial charge in [0.25, 0.3) is 0 Å². The summed E-state index contributed by atoms with van der Waals surface area (Å²) in [4.78, 5) is 23.1. The van der Waals surface area contributed by atoms with Gasteiger partial charge in [0.2, 0.25) is 0 Å². The Bertz CT molecular complexity index is 626. The van der Waals surface area contributed by atoms with E-state index in [1.165, 1.54) is 0 Å². The van der Waals surface area contributed by atoms with Gasteiger partial charge < -0.3 is 9.47 Å². The van der Waals surface area contributed by atoms with Crippen LogP contribution in [0.2, 0.25) is 0 Å². The van der Waals surface area contributed by atoms with Crippen molar-refractivity contribution in [3.8, 4) is 0 Å². The summed E-state index contributed by atoms with van der Waals surface area (Å²) in [5.41, 5.74) is 1.45. The summed E-state index contributed by atoms with van der Waals surface area (Å²) in [5.74, 6) is -1.53. The van der Waals surface area contributed by atoms with E-state index >= 15 is 0 Å². The number of carbonyl (C=O) groups excluding carboxylic acids is 2. The number of hydrogen-bond acceptors (Lipinski definition) is 4. The molecule has 0 heterocycles. The molecule has 0 amide bonds. The first-order valence-corrected chi connectivity index (χ1v) is 6.62. The van der Waals surface area contributed by atoms with Crippen LogP contribution in [0.25, 0.3) is 0 Å². The molecule has 124 valence electrons. The molecule has 0 aliphatic rings. The van der Waals surface area contributed by atoms with Crippen molar-refractivity contribution in [2.75, 3.05) is 6.61 Å². The number of esters is 2. The van der Waals surface area contributed by atoms with E-state index in [0.29, 0.717) is 0 Å². The maximum absolute atomic E-state index is 12.6. The molecule has 23 heavy (non-hydrogen) atoms. The first-order valence-electron chi connectivity index (χ1n) is 6.62. The van der Waals surface area contributed by atoms with Gasteiger partial charge in [-0.05, 0) is 24.6 Å². The second-order valence-electron chi connectivity index (χ2n) is 4.42. The summed E-state index contributed by atoms with van der Waals surface area (Å²) < 4.78 is 47.6. The SMILES string of the molecule is C=C=C(C(=O)OCC)C(OC(C)=O)c1ccc(C(F)(F)F)cc1. The van der Waals surface area contributed by atoms with Gasteiger partial charge in [0.15, 0.2) is 6.10 Å². The lowest BCUT2D eigenvalue weighted by atomic mass is 10.0. The topological polar surface area (TPSA) is 52.6 Å². The van der Waals surface area contributed by atoms with Gasteiger partial charge >= 0.3 is 18.1 Å². The molecule has 1 unspecified atom stereocenters. The van der Waals surface area contributed by atoms with Crippen molar-refractivity contribution in [2.24, 2.45) is 0 Å². The molecule has 0 saturated carbocycles. The summed E-state index contributed by atoms with van der Waals surface area (Å²) in [5, 5.41) is 0. The van der Waals surface area contributed by atoms with Crippen LogP contribution in [0.5, 0.6) is 0 Å². The molecule has 1 aromatic rings. The van der Waals surface area contributed by atoms with Crippen molar-refractivity contribution >= 4 is 11.9 Å². The van der Waals surface area contributed by atoms with Crippen LogP contribution in [0.1, 0.15) is 31.1 Å². The molecule has 0 saturated heterocycles. The van der Waals surface area contributed by atoms with Gasteiger partial charge in [-0.2, -0.15) is 13.2 Å². The molecule has 0 aliphatic carbocycles. The second kappa shape index (κ2) is 7.65. The molecule has 0 N–H and O–H groups in total. The third kappa shape index (κ3) is 5.00. The second-order valence-corrected chi connectivity index (χ2v) is 4.42. The molecule has 1 rings (SSSR count). The summed E-state index contributed by atoms with van der Waals surface area (Å²) in [7, 11) is 0. The Morgan fingerprint density at radius 3 is 2.22 bits per heavy atom. The van der Waals surface area contributed by atoms with Gasteiger partial charge in [0.05, 0.1) is 12.2 Å². The minimum absolute atomic E-state index is 0.0732. The smallest absolute Gasteiger partial charge is 0.416 e. The normalized spacial score (nSPS) is 12.0. The highest BCUT2D eigenvalue weighted by Crippen LogP contribution is 2.32. The first-order chi connectivity index (χ1) is 10.7. The Balaban J connectivity index is 3.23. The van der Waals surface area contributed by atoms with Crippen LogP contribution < -0.4 is 0 Å². The third-order valence-corrected chi connectivity index (χ3v) is 2.77. The fourth-order valence-corrected chi connectivity index (χ4v) is 1.79. The molecule has 1 atom stereocenters. The van der Waals surface area contributed by atoms with Gasteiger partial charge in [-0.25, -0.2) is 4.79 Å². The van der Waals surface area contributed by atoms with Crippen LogP contribution in [0.15, 0.2) is 42.1 Å². The van der Waals surface area contributed by atoms with Crippen molar-refractivity contribution in [2.45, 2.75) is 26.1 Å². The molecule has 0 fully saturated rings. The molecule has 7 heteroatoms. The van der Waals surface area contributed by atoms with E-state index in [1.54, 1.807) is 6.92 Å². The van der Waals surface area contributed by atoms with E-state index < -0.39 is 29.8 Å². The predicted molar refractivity (Wildman–Crippen MR) is 75.2 cm³/mol. The Kier molecular flexibility index (Phi) is 6.16. The van der Waals surface area contributed by atoms with E-state index in [2.05, 4.69) is 12.3 Å². The number of ether oxygens (including phenoxy) is 2. The van der Waals surface area contributed by atoms with Crippen LogP contribution in [-0.2, 0) is 25.2 Å². The number of halogens is 3. The molecule has 4 nitrogen and oxygen atoms in total. The summed E-state index contributed by atoms with van der Waals surface area (Å²) in [6.45, 7) is 6.11. The Morgan fingerprint density at radius 1 is 1.26 bits per heavy atom. The lowest BCUT2D eigenvalue weighted by Crippen LogP contribution is -2.19. The van der Waals surface area contributed by atoms with Crippen LogP contribution in [-0.4, -0.2) is 18.5 Å². The molecule has 0 radical (unpaired) electrons. The van der Waals surface area contributed by atoms with Gasteiger partial charge in [-0.15, -0.1) is 5.73 Å². The van der Waals surface area contributed by atoms with E-state index in [9.17, 15) is 22.8 Å². The quantitative estimate of drug-likeness (QED) is 0.471. The Labute approximate surface area is 131 Å². The molecule has 0 aliphatic heterocycles. The number of hydrogen-bond donors (Lipinski definition) is 0. The standard InChI is InChI=1S/C16H15F3O4/c1-4-13(15(21)22-5-2)14(23-10(3)20)11-6-8-12(9-7-11)16(17,18)19/h6-9,14H,1,5H2,2-3H3. The highest BCUT2D eigenvalue weighted by Gasteiger charge is 2.32. The highest BCUT2D eigenvalue weighted by atomic mass is 19.4. The zero-order valence-corrected chi connectivity index (χ0v) is 12.6. The number of benzene rings is 1. The lowest BCUT2D eigenvalue weighted by molar-refractivity contribution is -0.148. The minimum Gasteiger partial charge on any atom is -0.462 e. The molecule has 0 aromatic heterocycles. The minimum atomic E-state index is -4.49. The Morgan fingerprint density at radius 2 is 1.83 bits per heavy atom. The monoisotopic (exact) mass is 328 g/mol. The molecule has 1 aromatic carbocycles. The largest absolute Gasteiger partial charge is 0.462 e. The molecule has 0 bridgehead atoms. The summed E-state index contributed by atoms with van der Waals surface area (Å²) in [6, 6.07) is 3.90. The zero-order chi connectivity index (χ0) is 17.6. The van der Waals surface area contributed by atoms with Gasteiger partial charge in [-0.1, -0.05) is 18.7 Å². The van der Waals surface area contributed by atoms with Crippen molar-refractivity contribution in [3.63, 3.8) is 0 Å². The average Bonchev–Trinajstić information content (AvgIpc) is 2.46. The first kappa shape index (κ1) is 18.5. The predicted octanol–water partition coefficient (Wildman–Crippen LogP) is 3.58. The van der Waals surface area contributed by atoms with Crippen LogP contribution in [0.3, 0.4) is 0 Å². The molecular formula is C16H15F3O4. The molecular weight excluding hydrogens is 313 g/mol. The molecule has 0 spiro atoms. The average molecular weight is 328 g/mol. The summed E-state index contributed by atoms with van der Waals surface area (Å²) in [6.07, 6.45) is -5.74. The van der Waals surface area contributed by atoms with Crippen molar-refractivity contribution < 1.29 is 32.2 Å². The van der Waals surface area contributed by atoms with E-state index in [1.807, 2.05) is 0 Å². The zero-order valence-electron chi connectivity index (χ0n) is 12.6. The van der Waals surface area contributed by atoms with Gasteiger partial charge in [0, 0.05) is 6.92 Å². The van der Waals surface area contributed by atoms with Crippen LogP contribution in [0, 0.1) is 0 Å². The van der Waals surface area contributed by atoms with E-state index in [-0.39, 0.29) is 17.7 Å². The maximum Gasteiger partial charge on any atom is 0.416 e.